The molecule has 2 aromatic rings. The van der Waals surface area contributed by atoms with Crippen molar-refractivity contribution in [2.75, 3.05) is 11.6 Å². The number of aromatic nitrogens is 1. The standard InChI is InChI=1S/C19H20F2N2O3S2/c1-11-10-22-19(27-11)23-18(24)15(7-12-8-16(20)17(21)9-12)13-3-5-14(6-4-13)28(2,25)26/h3-7,10,12,16-17H,8-9H2,1-2H3,(H,22,23,24)/t12?,16-,17+. The van der Waals surface area contributed by atoms with E-state index in [0.29, 0.717) is 10.7 Å². The van der Waals surface area contributed by atoms with Crippen LogP contribution in [0.4, 0.5) is 13.9 Å². The molecule has 1 unspecified atom stereocenters. The number of hydrogen-bond acceptors (Lipinski definition) is 5. The average molecular weight is 427 g/mol. The maximum Gasteiger partial charge on any atom is 0.257 e. The minimum atomic E-state index is -3.38. The van der Waals surface area contributed by atoms with Gasteiger partial charge in [-0.25, -0.2) is 22.2 Å². The van der Waals surface area contributed by atoms with Gasteiger partial charge in [0.2, 0.25) is 0 Å². The first-order chi connectivity index (χ1) is 13.1. The highest BCUT2D eigenvalue weighted by Gasteiger charge is 2.34. The molecule has 0 radical (unpaired) electrons. The lowest BCUT2D eigenvalue weighted by Crippen LogP contribution is -2.14. The van der Waals surface area contributed by atoms with E-state index in [1.807, 2.05) is 6.92 Å². The molecule has 1 fully saturated rings. The number of halogens is 2. The number of sulfone groups is 1. The fraction of sp³-hybridized carbons (Fsp3) is 0.368. The van der Waals surface area contributed by atoms with Crippen LogP contribution in [-0.4, -0.2) is 37.9 Å². The first-order valence-corrected chi connectivity index (χ1v) is 11.4. The third kappa shape index (κ3) is 4.82. The summed E-state index contributed by atoms with van der Waals surface area (Å²) in [5.41, 5.74) is 0.704. The van der Waals surface area contributed by atoms with Crippen LogP contribution in [0.5, 0.6) is 0 Å². The summed E-state index contributed by atoms with van der Waals surface area (Å²) >= 11 is 1.31. The van der Waals surface area contributed by atoms with Crippen molar-refractivity contribution < 1.29 is 22.0 Å². The molecule has 1 aromatic heterocycles. The highest BCUT2D eigenvalue weighted by atomic mass is 32.2. The van der Waals surface area contributed by atoms with E-state index >= 15 is 0 Å². The number of anilines is 1. The van der Waals surface area contributed by atoms with Crippen LogP contribution < -0.4 is 5.32 Å². The molecular formula is C19H20F2N2O3S2. The summed E-state index contributed by atoms with van der Waals surface area (Å²) in [6.07, 6.45) is 1.23. The zero-order chi connectivity index (χ0) is 20.5. The van der Waals surface area contributed by atoms with E-state index in [-0.39, 0.29) is 23.3 Å². The van der Waals surface area contributed by atoms with Crippen molar-refractivity contribution in [2.24, 2.45) is 5.92 Å². The molecule has 0 saturated heterocycles. The molecule has 1 saturated carbocycles. The van der Waals surface area contributed by atoms with Gasteiger partial charge in [0.25, 0.3) is 5.91 Å². The normalized spacial score (nSPS) is 23.0. The summed E-state index contributed by atoms with van der Waals surface area (Å²) in [7, 11) is -3.38. The highest BCUT2D eigenvalue weighted by molar-refractivity contribution is 7.90. The van der Waals surface area contributed by atoms with E-state index in [1.54, 1.807) is 12.3 Å². The smallest absolute Gasteiger partial charge is 0.257 e. The van der Waals surface area contributed by atoms with Crippen molar-refractivity contribution >= 4 is 37.8 Å². The first kappa shape index (κ1) is 20.6. The Morgan fingerprint density at radius 3 is 2.32 bits per heavy atom. The Morgan fingerprint density at radius 2 is 1.82 bits per heavy atom. The molecular weight excluding hydrogens is 406 g/mol. The molecule has 1 amide bonds. The van der Waals surface area contributed by atoms with Gasteiger partial charge in [-0.05, 0) is 43.4 Å². The van der Waals surface area contributed by atoms with Gasteiger partial charge in [-0.1, -0.05) is 18.2 Å². The molecule has 5 nitrogen and oxygen atoms in total. The summed E-state index contributed by atoms with van der Waals surface area (Å²) in [4.78, 5) is 18.0. The van der Waals surface area contributed by atoms with Gasteiger partial charge in [-0.2, -0.15) is 0 Å². The Kier molecular flexibility index (Phi) is 5.95. The molecule has 0 bridgehead atoms. The van der Waals surface area contributed by atoms with Crippen molar-refractivity contribution in [1.82, 2.24) is 4.98 Å². The zero-order valence-electron chi connectivity index (χ0n) is 15.4. The summed E-state index contributed by atoms with van der Waals surface area (Å²) in [5, 5.41) is 3.11. The summed E-state index contributed by atoms with van der Waals surface area (Å²) in [6.45, 7) is 1.86. The Balaban J connectivity index is 1.93. The van der Waals surface area contributed by atoms with Crippen molar-refractivity contribution in [3.05, 3.63) is 47.0 Å². The molecule has 1 aliphatic rings. The van der Waals surface area contributed by atoms with E-state index < -0.39 is 34.0 Å². The van der Waals surface area contributed by atoms with E-state index in [9.17, 15) is 22.0 Å². The van der Waals surface area contributed by atoms with Crippen molar-refractivity contribution in [3.8, 4) is 0 Å². The third-order valence-corrected chi connectivity index (χ3v) is 6.49. The van der Waals surface area contributed by atoms with Crippen LogP contribution in [0.3, 0.4) is 0 Å². The number of allylic oxidation sites excluding steroid dienone is 1. The maximum absolute atomic E-state index is 13.6. The number of carbonyl (C=O) groups is 1. The van der Waals surface area contributed by atoms with E-state index in [1.165, 1.54) is 35.6 Å². The second-order valence-corrected chi connectivity index (χ2v) is 10.1. The molecule has 0 spiro atoms. The third-order valence-electron chi connectivity index (χ3n) is 4.53. The lowest BCUT2D eigenvalue weighted by Gasteiger charge is -2.11. The number of nitrogens with one attached hydrogen (secondary N) is 1. The second kappa shape index (κ2) is 8.08. The molecule has 1 aliphatic carbocycles. The monoisotopic (exact) mass is 426 g/mol. The minimum absolute atomic E-state index is 0.00965. The van der Waals surface area contributed by atoms with Gasteiger partial charge < -0.3 is 0 Å². The van der Waals surface area contributed by atoms with Crippen LogP contribution in [-0.2, 0) is 14.6 Å². The van der Waals surface area contributed by atoms with Crippen LogP contribution in [0.1, 0.15) is 23.3 Å². The Hall–Kier alpha value is -2.13. The predicted octanol–water partition coefficient (Wildman–Crippen LogP) is 3.96. The van der Waals surface area contributed by atoms with Crippen molar-refractivity contribution in [3.63, 3.8) is 0 Å². The van der Waals surface area contributed by atoms with Gasteiger partial charge in [-0.15, -0.1) is 11.3 Å². The van der Waals surface area contributed by atoms with Crippen molar-refractivity contribution in [2.45, 2.75) is 37.0 Å². The number of rotatable bonds is 5. The quantitative estimate of drug-likeness (QED) is 0.734. The molecule has 3 rings (SSSR count). The number of amides is 1. The fourth-order valence-corrected chi connectivity index (χ4v) is 4.39. The number of alkyl halides is 2. The lowest BCUT2D eigenvalue weighted by molar-refractivity contribution is -0.111. The van der Waals surface area contributed by atoms with Crippen LogP contribution >= 0.6 is 11.3 Å². The molecule has 9 heteroatoms. The van der Waals surface area contributed by atoms with Crippen LogP contribution in [0.2, 0.25) is 0 Å². The number of nitrogens with zero attached hydrogens (tertiary/aromatic N) is 1. The predicted molar refractivity (Wildman–Crippen MR) is 106 cm³/mol. The molecule has 1 heterocycles. The van der Waals surface area contributed by atoms with Gasteiger partial charge in [0, 0.05) is 22.9 Å². The SMILES string of the molecule is Cc1cnc(NC(=O)C(=CC2C[C@@H](F)[C@@H](F)C2)c2ccc(S(C)(=O)=O)cc2)s1. The molecule has 1 aromatic carbocycles. The minimum Gasteiger partial charge on any atom is -0.298 e. The Bertz CT molecular complexity index is 990. The molecule has 28 heavy (non-hydrogen) atoms. The summed E-state index contributed by atoms with van der Waals surface area (Å²) < 4.78 is 50.5. The maximum atomic E-state index is 13.6. The first-order valence-electron chi connectivity index (χ1n) is 8.67. The Morgan fingerprint density at radius 1 is 1.21 bits per heavy atom. The number of thiazole rings is 1. The molecule has 1 N–H and O–H groups in total. The largest absolute Gasteiger partial charge is 0.298 e. The fourth-order valence-electron chi connectivity index (χ4n) is 3.10. The van der Waals surface area contributed by atoms with Gasteiger partial charge in [0.1, 0.15) is 12.3 Å². The summed E-state index contributed by atoms with van der Waals surface area (Å²) in [5.74, 6) is -0.877. The highest BCUT2D eigenvalue weighted by Crippen LogP contribution is 2.34. The van der Waals surface area contributed by atoms with Gasteiger partial charge in [-0.3, -0.25) is 10.1 Å². The second-order valence-electron chi connectivity index (χ2n) is 6.87. The number of aryl methyl sites for hydroxylation is 1. The molecule has 0 aliphatic heterocycles. The van der Waals surface area contributed by atoms with E-state index in [0.717, 1.165) is 11.1 Å². The van der Waals surface area contributed by atoms with Crippen LogP contribution in [0, 0.1) is 12.8 Å². The number of benzene rings is 1. The van der Waals surface area contributed by atoms with E-state index in [4.69, 9.17) is 0 Å². The zero-order valence-corrected chi connectivity index (χ0v) is 17.0. The molecule has 3 atom stereocenters. The number of hydrogen-bond donors (Lipinski definition) is 1. The number of carbonyl (C=O) groups excluding carboxylic acids is 1. The topological polar surface area (TPSA) is 76.1 Å². The van der Waals surface area contributed by atoms with Gasteiger partial charge in [0.15, 0.2) is 15.0 Å². The average Bonchev–Trinajstić information content (AvgIpc) is 3.17. The Labute approximate surface area is 166 Å². The van der Waals surface area contributed by atoms with Gasteiger partial charge in [0.05, 0.1) is 4.90 Å². The van der Waals surface area contributed by atoms with E-state index in [2.05, 4.69) is 10.3 Å². The molecule has 150 valence electrons. The van der Waals surface area contributed by atoms with Crippen LogP contribution in [0.25, 0.3) is 5.57 Å². The van der Waals surface area contributed by atoms with Gasteiger partial charge >= 0.3 is 0 Å². The summed E-state index contributed by atoms with van der Waals surface area (Å²) in [6, 6.07) is 5.85. The van der Waals surface area contributed by atoms with Crippen LogP contribution in [0.15, 0.2) is 41.4 Å². The lowest BCUT2D eigenvalue weighted by atomic mass is 9.98. The van der Waals surface area contributed by atoms with Crippen molar-refractivity contribution in [1.29, 1.82) is 0 Å².